The number of carbonyl (C=O) groups is 1. The van der Waals surface area contributed by atoms with Crippen LogP contribution in [-0.2, 0) is 9.84 Å². The Morgan fingerprint density at radius 1 is 1.55 bits per heavy atom. The second kappa shape index (κ2) is 5.94. The summed E-state index contributed by atoms with van der Waals surface area (Å²) in [6.07, 6.45) is 5.71. The lowest BCUT2D eigenvalue weighted by molar-refractivity contribution is 0.0718. The summed E-state index contributed by atoms with van der Waals surface area (Å²) in [5.41, 5.74) is 0.249. The van der Waals surface area contributed by atoms with Crippen LogP contribution < -0.4 is 0 Å². The summed E-state index contributed by atoms with van der Waals surface area (Å²) in [7, 11) is -3.07. The molecule has 1 unspecified atom stereocenters. The van der Waals surface area contributed by atoms with Gasteiger partial charge >= 0.3 is 0 Å². The molecule has 1 fully saturated rings. The maximum Gasteiger partial charge on any atom is 0.273 e. The van der Waals surface area contributed by atoms with Crippen molar-refractivity contribution < 1.29 is 13.2 Å². The quantitative estimate of drug-likeness (QED) is 0.600. The smallest absolute Gasteiger partial charge is 0.273 e. The number of hydrogen-bond acceptors (Lipinski definition) is 4. The third-order valence-electron chi connectivity index (χ3n) is 3.11. The fourth-order valence-corrected chi connectivity index (χ4v) is 4.24. The Hall–Kier alpha value is -1.39. The summed E-state index contributed by atoms with van der Waals surface area (Å²) < 4.78 is 23.6. The standard InChI is InChI=1S/C13H13BrN2O3S/c1-2-7-16(10-6-8-20(18,19)9-10)13(17)11-4-3-5-12(14)15-11/h1,3-5,10H,6-9H2. The first-order chi connectivity index (χ1) is 9.43. The van der Waals surface area contributed by atoms with E-state index < -0.39 is 9.84 Å². The number of sulfone groups is 1. The van der Waals surface area contributed by atoms with Gasteiger partial charge < -0.3 is 4.90 Å². The van der Waals surface area contributed by atoms with Crippen molar-refractivity contribution in [1.82, 2.24) is 9.88 Å². The monoisotopic (exact) mass is 356 g/mol. The van der Waals surface area contributed by atoms with Crippen LogP contribution in [0, 0.1) is 12.3 Å². The molecule has 1 atom stereocenters. The minimum absolute atomic E-state index is 0.0333. The molecule has 0 aromatic carbocycles. The highest BCUT2D eigenvalue weighted by Gasteiger charge is 2.35. The zero-order valence-corrected chi connectivity index (χ0v) is 13.0. The number of nitrogens with zero attached hydrogens (tertiary/aromatic N) is 2. The number of aromatic nitrogens is 1. The van der Waals surface area contributed by atoms with Crippen LogP contribution in [0.25, 0.3) is 0 Å². The van der Waals surface area contributed by atoms with Crippen molar-refractivity contribution in [2.45, 2.75) is 12.5 Å². The number of carbonyl (C=O) groups excluding carboxylic acids is 1. The number of amides is 1. The molecule has 106 valence electrons. The Bertz CT molecular complexity index is 666. The highest BCUT2D eigenvalue weighted by Crippen LogP contribution is 2.19. The largest absolute Gasteiger partial charge is 0.322 e. The van der Waals surface area contributed by atoms with Crippen molar-refractivity contribution in [1.29, 1.82) is 0 Å². The SMILES string of the molecule is C#CCN(C(=O)c1cccc(Br)n1)C1CCS(=O)(=O)C1. The third-order valence-corrected chi connectivity index (χ3v) is 5.30. The fraction of sp³-hybridized carbons (Fsp3) is 0.385. The van der Waals surface area contributed by atoms with Crippen LogP contribution in [0.1, 0.15) is 16.9 Å². The first kappa shape index (κ1) is 15.0. The molecule has 0 bridgehead atoms. The van der Waals surface area contributed by atoms with Crippen molar-refractivity contribution in [3.63, 3.8) is 0 Å². The summed E-state index contributed by atoms with van der Waals surface area (Å²) in [6.45, 7) is 0.0766. The number of terminal acetylenes is 1. The molecule has 0 N–H and O–H groups in total. The number of pyridine rings is 1. The maximum absolute atomic E-state index is 12.4. The maximum atomic E-state index is 12.4. The lowest BCUT2D eigenvalue weighted by Gasteiger charge is -2.25. The minimum atomic E-state index is -3.07. The summed E-state index contributed by atoms with van der Waals surface area (Å²) in [6, 6.07) is 4.62. The summed E-state index contributed by atoms with van der Waals surface area (Å²) in [5, 5.41) is 0. The van der Waals surface area contributed by atoms with Gasteiger partial charge in [-0.1, -0.05) is 12.0 Å². The van der Waals surface area contributed by atoms with Gasteiger partial charge in [0.15, 0.2) is 9.84 Å². The van der Waals surface area contributed by atoms with Crippen LogP contribution in [0.2, 0.25) is 0 Å². The topological polar surface area (TPSA) is 67.3 Å². The Morgan fingerprint density at radius 3 is 2.85 bits per heavy atom. The van der Waals surface area contributed by atoms with Gasteiger partial charge in [-0.05, 0) is 34.5 Å². The van der Waals surface area contributed by atoms with E-state index >= 15 is 0 Å². The number of hydrogen-bond donors (Lipinski definition) is 0. The van der Waals surface area contributed by atoms with Gasteiger partial charge in [-0.2, -0.15) is 0 Å². The molecule has 1 aromatic rings. The normalized spacial score (nSPS) is 20.3. The molecule has 1 saturated heterocycles. The minimum Gasteiger partial charge on any atom is -0.322 e. The molecule has 1 aromatic heterocycles. The van der Waals surface area contributed by atoms with E-state index in [0.29, 0.717) is 11.0 Å². The van der Waals surface area contributed by atoms with E-state index in [1.807, 2.05) is 0 Å². The van der Waals surface area contributed by atoms with Gasteiger partial charge in [-0.3, -0.25) is 4.79 Å². The second-order valence-electron chi connectivity index (χ2n) is 4.54. The molecule has 20 heavy (non-hydrogen) atoms. The van der Waals surface area contributed by atoms with Gasteiger partial charge in [0.2, 0.25) is 0 Å². The summed E-state index contributed by atoms with van der Waals surface area (Å²) in [5.74, 6) is 2.13. The molecule has 0 saturated carbocycles. The molecule has 2 rings (SSSR count). The molecular weight excluding hydrogens is 344 g/mol. The summed E-state index contributed by atoms with van der Waals surface area (Å²) >= 11 is 3.20. The highest BCUT2D eigenvalue weighted by molar-refractivity contribution is 9.10. The van der Waals surface area contributed by atoms with Crippen LogP contribution >= 0.6 is 15.9 Å². The van der Waals surface area contributed by atoms with Crippen molar-refractivity contribution in [3.8, 4) is 12.3 Å². The Morgan fingerprint density at radius 2 is 2.30 bits per heavy atom. The van der Waals surface area contributed by atoms with Gasteiger partial charge in [0.25, 0.3) is 5.91 Å². The van der Waals surface area contributed by atoms with Gasteiger partial charge in [0.05, 0.1) is 18.1 Å². The first-order valence-corrected chi connectivity index (χ1v) is 8.62. The van der Waals surface area contributed by atoms with Crippen LogP contribution in [0.15, 0.2) is 22.8 Å². The zero-order valence-electron chi connectivity index (χ0n) is 10.6. The highest BCUT2D eigenvalue weighted by atomic mass is 79.9. The van der Waals surface area contributed by atoms with E-state index in [1.165, 1.54) is 4.90 Å². The Kier molecular flexibility index (Phi) is 4.45. The summed E-state index contributed by atoms with van der Waals surface area (Å²) in [4.78, 5) is 17.9. The van der Waals surface area contributed by atoms with Crippen LogP contribution in [0.4, 0.5) is 0 Å². The molecule has 5 nitrogen and oxygen atoms in total. The van der Waals surface area contributed by atoms with Gasteiger partial charge in [-0.25, -0.2) is 13.4 Å². The van der Waals surface area contributed by atoms with Crippen molar-refractivity contribution in [2.75, 3.05) is 18.1 Å². The van der Waals surface area contributed by atoms with E-state index in [4.69, 9.17) is 6.42 Å². The fourth-order valence-electron chi connectivity index (χ4n) is 2.16. The predicted octanol–water partition coefficient (Wildman–Crippen LogP) is 1.11. The first-order valence-electron chi connectivity index (χ1n) is 6.00. The predicted molar refractivity (Wildman–Crippen MR) is 78.9 cm³/mol. The van der Waals surface area contributed by atoms with E-state index in [1.54, 1.807) is 18.2 Å². The number of halogens is 1. The van der Waals surface area contributed by atoms with Crippen molar-refractivity contribution >= 4 is 31.7 Å². The second-order valence-corrected chi connectivity index (χ2v) is 7.58. The number of rotatable bonds is 3. The molecule has 1 amide bonds. The van der Waals surface area contributed by atoms with E-state index in [-0.39, 0.29) is 35.7 Å². The van der Waals surface area contributed by atoms with E-state index in [2.05, 4.69) is 26.8 Å². The lowest BCUT2D eigenvalue weighted by Crippen LogP contribution is -2.41. The van der Waals surface area contributed by atoms with Crippen molar-refractivity contribution in [2.24, 2.45) is 0 Å². The molecule has 1 aliphatic rings. The Balaban J connectivity index is 2.25. The van der Waals surface area contributed by atoms with E-state index in [9.17, 15) is 13.2 Å². The average Bonchev–Trinajstić information content (AvgIpc) is 2.75. The molecule has 0 aliphatic carbocycles. The van der Waals surface area contributed by atoms with Crippen molar-refractivity contribution in [3.05, 3.63) is 28.5 Å². The molecule has 7 heteroatoms. The third kappa shape index (κ3) is 3.38. The van der Waals surface area contributed by atoms with Gasteiger partial charge in [-0.15, -0.1) is 6.42 Å². The average molecular weight is 357 g/mol. The van der Waals surface area contributed by atoms with E-state index in [0.717, 1.165) is 0 Å². The zero-order chi connectivity index (χ0) is 14.8. The molecule has 0 radical (unpaired) electrons. The van der Waals surface area contributed by atoms with Crippen LogP contribution in [0.3, 0.4) is 0 Å². The molecule has 1 aliphatic heterocycles. The van der Waals surface area contributed by atoms with Gasteiger partial charge in [0.1, 0.15) is 10.3 Å². The van der Waals surface area contributed by atoms with Crippen LogP contribution in [0.5, 0.6) is 0 Å². The molecule has 0 spiro atoms. The van der Waals surface area contributed by atoms with Gasteiger partial charge in [0, 0.05) is 6.04 Å². The Labute approximate surface area is 126 Å². The molecular formula is C13H13BrN2O3S. The lowest BCUT2D eigenvalue weighted by atomic mass is 10.2. The molecule has 2 heterocycles. The van der Waals surface area contributed by atoms with Crippen LogP contribution in [-0.4, -0.2) is 48.3 Å².